The minimum Gasteiger partial charge on any atom is -1.00 e. The molecule has 1 aromatic rings. The molecule has 11 heavy (non-hydrogen) atoms. The third-order valence-corrected chi connectivity index (χ3v) is 1.46. The molecular formula is C8H15ClN2. The van der Waals surface area contributed by atoms with E-state index in [1.807, 2.05) is 4.57 Å². The van der Waals surface area contributed by atoms with E-state index < -0.39 is 6.98 Å². The number of rotatable bonds is 3. The highest BCUT2D eigenvalue weighted by Crippen LogP contribution is 1.91. The molecule has 0 bridgehead atoms. The van der Waals surface area contributed by atoms with Gasteiger partial charge in [0.2, 0.25) is 6.33 Å². The summed E-state index contributed by atoms with van der Waals surface area (Å²) in [6.45, 7) is 0.957. The van der Waals surface area contributed by atoms with Gasteiger partial charge in [0.05, 0.1) is 17.6 Å². The van der Waals surface area contributed by atoms with Gasteiger partial charge in [0.25, 0.3) is 0 Å². The van der Waals surface area contributed by atoms with Crippen molar-refractivity contribution in [3.05, 3.63) is 18.7 Å². The Bertz CT molecular complexity index is 270. The number of aryl methyl sites for hydroxylation is 2. The highest BCUT2D eigenvalue weighted by Gasteiger charge is 1.96. The van der Waals surface area contributed by atoms with Gasteiger partial charge in [-0.25, -0.2) is 9.13 Å². The van der Waals surface area contributed by atoms with Crippen molar-refractivity contribution >= 4 is 0 Å². The fourth-order valence-electron chi connectivity index (χ4n) is 0.867. The summed E-state index contributed by atoms with van der Waals surface area (Å²) in [5, 5.41) is 0. The Morgan fingerprint density at radius 2 is 2.45 bits per heavy atom. The first-order valence-corrected chi connectivity index (χ1v) is 3.61. The molecule has 0 fully saturated rings. The topological polar surface area (TPSA) is 8.81 Å². The van der Waals surface area contributed by atoms with Crippen LogP contribution in [0, 0.1) is 0 Å². The van der Waals surface area contributed by atoms with E-state index in [4.69, 9.17) is 4.11 Å². The standard InChI is InChI=1S/C8H15N2.ClH/c1-3-4-5-10-7-6-9(2)8-10;/h6-8H,3-5H2,1-2H3;1H/q+1;/p-1/i2D3;. The Morgan fingerprint density at radius 3 is 3.00 bits per heavy atom. The molecule has 0 atom stereocenters. The van der Waals surface area contributed by atoms with Crippen LogP contribution < -0.4 is 17.0 Å². The average Bonchev–Trinajstić information content (AvgIpc) is 2.47. The summed E-state index contributed by atoms with van der Waals surface area (Å²) in [5.74, 6) is 0. The molecular weight excluding hydrogens is 160 g/mol. The molecule has 0 N–H and O–H groups in total. The number of halogens is 1. The van der Waals surface area contributed by atoms with Crippen LogP contribution in [0.5, 0.6) is 0 Å². The van der Waals surface area contributed by atoms with Crippen LogP contribution in [0.4, 0.5) is 0 Å². The summed E-state index contributed by atoms with van der Waals surface area (Å²) in [5.41, 5.74) is 0. The number of imidazole rings is 1. The largest absolute Gasteiger partial charge is 1.00 e. The van der Waals surface area contributed by atoms with E-state index in [2.05, 4.69) is 6.92 Å². The van der Waals surface area contributed by atoms with Gasteiger partial charge in [-0.05, 0) is 6.42 Å². The van der Waals surface area contributed by atoms with Gasteiger partial charge in [-0.1, -0.05) is 13.3 Å². The molecule has 0 aliphatic carbocycles. The molecule has 0 aromatic carbocycles. The Hall–Kier alpha value is -0.500. The van der Waals surface area contributed by atoms with E-state index in [1.165, 1.54) is 4.57 Å². The predicted molar refractivity (Wildman–Crippen MR) is 40.5 cm³/mol. The summed E-state index contributed by atoms with van der Waals surface area (Å²) >= 11 is 0. The van der Waals surface area contributed by atoms with E-state index in [9.17, 15) is 0 Å². The molecule has 0 saturated carbocycles. The van der Waals surface area contributed by atoms with Gasteiger partial charge in [0.15, 0.2) is 0 Å². The van der Waals surface area contributed by atoms with Gasteiger partial charge < -0.3 is 12.4 Å². The van der Waals surface area contributed by atoms with Crippen LogP contribution in [-0.2, 0) is 13.5 Å². The van der Waals surface area contributed by atoms with E-state index in [0.717, 1.165) is 19.4 Å². The second-order valence-electron chi connectivity index (χ2n) is 2.41. The summed E-state index contributed by atoms with van der Waals surface area (Å²) in [6.07, 6.45) is 7.20. The number of aromatic nitrogens is 2. The Labute approximate surface area is 78.5 Å². The first-order chi connectivity index (χ1) is 6.04. The van der Waals surface area contributed by atoms with Gasteiger partial charge in [-0.3, -0.25) is 0 Å². The van der Waals surface area contributed by atoms with Crippen LogP contribution in [0.2, 0.25) is 0 Å². The van der Waals surface area contributed by atoms with Gasteiger partial charge in [-0.15, -0.1) is 0 Å². The van der Waals surface area contributed by atoms with Gasteiger partial charge in [0.1, 0.15) is 12.4 Å². The number of hydrogen-bond acceptors (Lipinski definition) is 0. The third kappa shape index (κ3) is 3.42. The zero-order valence-corrected chi connectivity index (χ0v) is 7.38. The lowest BCUT2D eigenvalue weighted by atomic mass is 10.3. The van der Waals surface area contributed by atoms with Crippen molar-refractivity contribution in [2.45, 2.75) is 26.3 Å². The second-order valence-corrected chi connectivity index (χ2v) is 2.41. The summed E-state index contributed by atoms with van der Waals surface area (Å²) in [7, 11) is 0. The maximum absolute atomic E-state index is 7.15. The smallest absolute Gasteiger partial charge is 0.243 e. The van der Waals surface area contributed by atoms with Crippen LogP contribution >= 0.6 is 0 Å². The van der Waals surface area contributed by atoms with Crippen molar-refractivity contribution in [2.24, 2.45) is 6.98 Å². The quantitative estimate of drug-likeness (QED) is 0.478. The highest BCUT2D eigenvalue weighted by atomic mass is 35.5. The van der Waals surface area contributed by atoms with Crippen molar-refractivity contribution in [3.8, 4) is 0 Å². The molecule has 64 valence electrons. The molecule has 0 aliphatic heterocycles. The van der Waals surface area contributed by atoms with E-state index in [1.54, 1.807) is 18.7 Å². The van der Waals surface area contributed by atoms with Crippen molar-refractivity contribution in [1.82, 2.24) is 4.57 Å². The molecule has 0 spiro atoms. The van der Waals surface area contributed by atoms with Crippen LogP contribution in [0.1, 0.15) is 23.9 Å². The summed E-state index contributed by atoms with van der Waals surface area (Å²) < 4.78 is 24.6. The van der Waals surface area contributed by atoms with E-state index in [-0.39, 0.29) is 12.4 Å². The van der Waals surface area contributed by atoms with Crippen molar-refractivity contribution in [1.29, 1.82) is 0 Å². The van der Waals surface area contributed by atoms with Crippen molar-refractivity contribution < 1.29 is 21.1 Å². The fraction of sp³-hybridized carbons (Fsp3) is 0.625. The predicted octanol–water partition coefficient (Wildman–Crippen LogP) is -1.88. The molecule has 2 nitrogen and oxygen atoms in total. The Morgan fingerprint density at radius 1 is 1.64 bits per heavy atom. The van der Waals surface area contributed by atoms with Crippen molar-refractivity contribution in [2.75, 3.05) is 0 Å². The van der Waals surface area contributed by atoms with Gasteiger partial charge in [-0.2, -0.15) is 0 Å². The molecule has 3 heteroatoms. The van der Waals surface area contributed by atoms with E-state index in [0.29, 0.717) is 0 Å². The Balaban J connectivity index is 0.00000169. The molecule has 0 amide bonds. The zero-order valence-electron chi connectivity index (χ0n) is 9.63. The molecule has 0 saturated heterocycles. The average molecular weight is 178 g/mol. The zero-order chi connectivity index (χ0) is 9.90. The van der Waals surface area contributed by atoms with Crippen LogP contribution in [0.3, 0.4) is 0 Å². The van der Waals surface area contributed by atoms with Gasteiger partial charge in [0, 0.05) is 0 Å². The summed E-state index contributed by atoms with van der Waals surface area (Å²) in [6, 6.07) is 0. The molecule has 0 unspecified atom stereocenters. The van der Waals surface area contributed by atoms with E-state index >= 15 is 0 Å². The normalized spacial score (nSPS) is 14.5. The first kappa shape index (κ1) is 6.06. The monoisotopic (exact) mass is 177 g/mol. The lowest BCUT2D eigenvalue weighted by molar-refractivity contribution is -0.671. The highest BCUT2D eigenvalue weighted by molar-refractivity contribution is 4.65. The summed E-state index contributed by atoms with van der Waals surface area (Å²) in [4.78, 5) is 0. The number of unbranched alkanes of at least 4 members (excludes halogenated alkanes) is 1. The minimum absolute atomic E-state index is 0. The molecule has 0 aliphatic rings. The fourth-order valence-corrected chi connectivity index (χ4v) is 0.867. The molecule has 1 aromatic heterocycles. The maximum Gasteiger partial charge on any atom is 0.243 e. The molecule has 0 radical (unpaired) electrons. The first-order valence-electron chi connectivity index (χ1n) is 5.11. The van der Waals surface area contributed by atoms with Crippen LogP contribution in [0.15, 0.2) is 18.7 Å². The number of nitrogens with zero attached hydrogens (tertiary/aromatic N) is 2. The van der Waals surface area contributed by atoms with Crippen molar-refractivity contribution in [3.63, 3.8) is 0 Å². The van der Waals surface area contributed by atoms with Crippen LogP contribution in [0.25, 0.3) is 0 Å². The Kier molecular flexibility index (Phi) is 2.86. The lowest BCUT2D eigenvalue weighted by Gasteiger charge is -1.90. The third-order valence-electron chi connectivity index (χ3n) is 1.46. The second kappa shape index (κ2) is 5.19. The molecule has 1 heterocycles. The minimum atomic E-state index is -2.04. The van der Waals surface area contributed by atoms with Gasteiger partial charge >= 0.3 is 0 Å². The lowest BCUT2D eigenvalue weighted by Crippen LogP contribution is -3.00. The van der Waals surface area contributed by atoms with Crippen LogP contribution in [-0.4, -0.2) is 4.57 Å². The maximum atomic E-state index is 7.15. The SMILES string of the molecule is [2H]C([2H])([2H])[n+]1ccn(CCCC)c1.[Cl-]. The molecule has 1 rings (SSSR count). The number of hydrogen-bond donors (Lipinski definition) is 0.